The van der Waals surface area contributed by atoms with Gasteiger partial charge < -0.3 is 24.4 Å². The van der Waals surface area contributed by atoms with Crippen molar-refractivity contribution in [2.45, 2.75) is 25.4 Å². The molecule has 0 saturated carbocycles. The Labute approximate surface area is 211 Å². The predicted octanol–water partition coefficient (Wildman–Crippen LogP) is 3.58. The van der Waals surface area contributed by atoms with E-state index in [1.807, 2.05) is 18.2 Å². The largest absolute Gasteiger partial charge is 0.493 e. The Morgan fingerprint density at radius 1 is 1.11 bits per heavy atom. The van der Waals surface area contributed by atoms with Crippen LogP contribution in [0, 0.1) is 11.3 Å². The second-order valence-corrected chi connectivity index (χ2v) is 9.03. The summed E-state index contributed by atoms with van der Waals surface area (Å²) in [5, 5.41) is 13.2. The van der Waals surface area contributed by atoms with Crippen LogP contribution in [0.4, 0.5) is 5.69 Å². The minimum atomic E-state index is 0.0680. The normalized spacial score (nSPS) is 16.4. The summed E-state index contributed by atoms with van der Waals surface area (Å²) in [5.41, 5.74) is 4.34. The minimum Gasteiger partial charge on any atom is -0.493 e. The molecule has 8 nitrogen and oxygen atoms in total. The monoisotopic (exact) mass is 485 g/mol. The van der Waals surface area contributed by atoms with Gasteiger partial charge in [0.15, 0.2) is 11.5 Å². The van der Waals surface area contributed by atoms with Crippen molar-refractivity contribution in [3.8, 4) is 28.8 Å². The number of ether oxygens (including phenoxy) is 3. The van der Waals surface area contributed by atoms with E-state index in [0.29, 0.717) is 23.5 Å². The summed E-state index contributed by atoms with van der Waals surface area (Å²) in [4.78, 5) is 11.6. The number of anilines is 1. The van der Waals surface area contributed by atoms with Crippen LogP contribution in [0.2, 0.25) is 0 Å². The Bertz CT molecular complexity index is 1210. The van der Waals surface area contributed by atoms with Gasteiger partial charge >= 0.3 is 0 Å². The maximum Gasteiger partial charge on any atom is 0.179 e. The summed E-state index contributed by atoms with van der Waals surface area (Å²) < 4.78 is 17.3. The van der Waals surface area contributed by atoms with Crippen LogP contribution in [-0.4, -0.2) is 62.6 Å². The molecule has 0 bridgehead atoms. The molecule has 3 heterocycles. The Balaban J connectivity index is 1.35. The number of nitriles is 1. The summed E-state index contributed by atoms with van der Waals surface area (Å²) in [6, 6.07) is 16.4. The molecular weight excluding hydrogens is 454 g/mol. The van der Waals surface area contributed by atoms with Crippen molar-refractivity contribution in [2.75, 3.05) is 51.4 Å². The lowest BCUT2D eigenvalue weighted by Crippen LogP contribution is -2.36. The van der Waals surface area contributed by atoms with Gasteiger partial charge in [-0.3, -0.25) is 0 Å². The van der Waals surface area contributed by atoms with Crippen LogP contribution in [0.1, 0.15) is 29.8 Å². The van der Waals surface area contributed by atoms with Gasteiger partial charge in [-0.05, 0) is 61.8 Å². The zero-order valence-corrected chi connectivity index (χ0v) is 20.6. The van der Waals surface area contributed by atoms with Crippen LogP contribution in [0.15, 0.2) is 48.7 Å². The molecule has 2 aromatic carbocycles. The minimum absolute atomic E-state index is 0.0680. The molecule has 0 aliphatic carbocycles. The topological polar surface area (TPSA) is 92.5 Å². The second-order valence-electron chi connectivity index (χ2n) is 9.03. The molecule has 2 aliphatic rings. The van der Waals surface area contributed by atoms with Crippen LogP contribution in [0.25, 0.3) is 11.3 Å². The number of benzene rings is 2. The third-order valence-electron chi connectivity index (χ3n) is 6.64. The molecule has 0 unspecified atom stereocenters. The second kappa shape index (κ2) is 11.4. The standard InChI is InChI=1S/C28H31N5O3/c1-34-26-18-21(17-22(19-29)28(26)36-24-6-9-30-10-7-24)25-8-11-31-27(32-25)16-20-2-4-23(5-3-20)33-12-14-35-15-13-33/h2-5,8,11,17-18,24,30H,6-7,9-10,12-16H2,1H3. The maximum atomic E-state index is 9.86. The first-order valence-electron chi connectivity index (χ1n) is 12.5. The first-order chi connectivity index (χ1) is 17.7. The van der Waals surface area contributed by atoms with Gasteiger partial charge in [-0.1, -0.05) is 12.1 Å². The first-order valence-corrected chi connectivity index (χ1v) is 12.5. The molecule has 5 rings (SSSR count). The van der Waals surface area contributed by atoms with Gasteiger partial charge in [0.2, 0.25) is 0 Å². The van der Waals surface area contributed by atoms with Crippen LogP contribution in [-0.2, 0) is 11.2 Å². The van der Waals surface area contributed by atoms with Gasteiger partial charge in [-0.15, -0.1) is 0 Å². The van der Waals surface area contributed by atoms with E-state index in [1.54, 1.807) is 13.3 Å². The van der Waals surface area contributed by atoms with Crippen LogP contribution in [0.3, 0.4) is 0 Å². The van der Waals surface area contributed by atoms with Crippen LogP contribution < -0.4 is 19.7 Å². The zero-order valence-electron chi connectivity index (χ0n) is 20.6. The molecule has 8 heteroatoms. The summed E-state index contributed by atoms with van der Waals surface area (Å²) in [6.07, 6.45) is 4.25. The molecule has 3 aromatic rings. The van der Waals surface area contributed by atoms with E-state index in [9.17, 15) is 5.26 Å². The lowest BCUT2D eigenvalue weighted by molar-refractivity contribution is 0.122. The lowest BCUT2D eigenvalue weighted by Gasteiger charge is -2.28. The molecule has 186 valence electrons. The number of nitrogens with zero attached hydrogens (tertiary/aromatic N) is 4. The molecule has 0 amide bonds. The van der Waals surface area contributed by atoms with E-state index in [4.69, 9.17) is 19.2 Å². The van der Waals surface area contributed by atoms with Gasteiger partial charge in [-0.25, -0.2) is 9.97 Å². The van der Waals surface area contributed by atoms with Crippen molar-refractivity contribution in [2.24, 2.45) is 0 Å². The number of hydrogen-bond donors (Lipinski definition) is 1. The van der Waals surface area contributed by atoms with Crippen LogP contribution in [0.5, 0.6) is 11.5 Å². The number of rotatable bonds is 7. The SMILES string of the molecule is COc1cc(-c2ccnc(Cc3ccc(N4CCOCC4)cc3)n2)cc(C#N)c1OC1CCNCC1. The summed E-state index contributed by atoms with van der Waals surface area (Å²) in [5.74, 6) is 1.77. The highest BCUT2D eigenvalue weighted by Gasteiger charge is 2.21. The number of aromatic nitrogens is 2. The highest BCUT2D eigenvalue weighted by Crippen LogP contribution is 2.37. The Hall–Kier alpha value is -3.67. The van der Waals surface area contributed by atoms with Crippen molar-refractivity contribution < 1.29 is 14.2 Å². The van der Waals surface area contributed by atoms with Gasteiger partial charge in [0.05, 0.1) is 31.6 Å². The predicted molar refractivity (Wildman–Crippen MR) is 138 cm³/mol. The maximum absolute atomic E-state index is 9.86. The molecule has 36 heavy (non-hydrogen) atoms. The molecule has 0 radical (unpaired) electrons. The summed E-state index contributed by atoms with van der Waals surface area (Å²) >= 11 is 0. The van der Waals surface area contributed by atoms with Gasteiger partial charge in [0.1, 0.15) is 18.0 Å². The quantitative estimate of drug-likeness (QED) is 0.543. The molecule has 1 aromatic heterocycles. The van der Waals surface area contributed by atoms with E-state index >= 15 is 0 Å². The Kier molecular flexibility index (Phi) is 7.60. The number of methoxy groups -OCH3 is 1. The number of nitrogens with one attached hydrogen (secondary N) is 1. The van der Waals surface area contributed by atoms with E-state index < -0.39 is 0 Å². The Morgan fingerprint density at radius 2 is 1.89 bits per heavy atom. The van der Waals surface area contributed by atoms with Crippen molar-refractivity contribution in [1.29, 1.82) is 5.26 Å². The van der Waals surface area contributed by atoms with E-state index in [2.05, 4.69) is 45.5 Å². The summed E-state index contributed by atoms with van der Waals surface area (Å²) in [6.45, 7) is 5.19. The molecule has 1 N–H and O–H groups in total. The number of morpholine rings is 1. The van der Waals surface area contributed by atoms with Gasteiger partial charge in [0, 0.05) is 37.0 Å². The fourth-order valence-electron chi connectivity index (χ4n) is 4.66. The van der Waals surface area contributed by atoms with Crippen molar-refractivity contribution in [1.82, 2.24) is 15.3 Å². The average molecular weight is 486 g/mol. The van der Waals surface area contributed by atoms with Crippen LogP contribution >= 0.6 is 0 Å². The molecule has 2 fully saturated rings. The highest BCUT2D eigenvalue weighted by atomic mass is 16.5. The molecule has 0 atom stereocenters. The van der Waals surface area contributed by atoms with E-state index in [1.165, 1.54) is 5.69 Å². The number of hydrogen-bond acceptors (Lipinski definition) is 8. The van der Waals surface area contributed by atoms with E-state index in [0.717, 1.165) is 74.9 Å². The molecular formula is C28H31N5O3. The Morgan fingerprint density at radius 3 is 2.61 bits per heavy atom. The number of piperidine rings is 1. The smallest absolute Gasteiger partial charge is 0.179 e. The fourth-order valence-corrected chi connectivity index (χ4v) is 4.66. The zero-order chi connectivity index (χ0) is 24.7. The van der Waals surface area contributed by atoms with Crippen molar-refractivity contribution >= 4 is 5.69 Å². The molecule has 2 aliphatic heterocycles. The summed E-state index contributed by atoms with van der Waals surface area (Å²) in [7, 11) is 1.60. The highest BCUT2D eigenvalue weighted by molar-refractivity contribution is 5.68. The van der Waals surface area contributed by atoms with Crippen molar-refractivity contribution in [3.05, 3.63) is 65.6 Å². The first kappa shape index (κ1) is 24.0. The van der Waals surface area contributed by atoms with Gasteiger partial charge in [-0.2, -0.15) is 5.26 Å². The fraction of sp³-hybridized carbons (Fsp3) is 0.393. The lowest BCUT2D eigenvalue weighted by atomic mass is 10.0. The van der Waals surface area contributed by atoms with E-state index in [-0.39, 0.29) is 6.10 Å². The average Bonchev–Trinajstić information content (AvgIpc) is 2.94. The molecule has 2 saturated heterocycles. The van der Waals surface area contributed by atoms with Crippen molar-refractivity contribution in [3.63, 3.8) is 0 Å². The third-order valence-corrected chi connectivity index (χ3v) is 6.64. The molecule has 0 spiro atoms. The third kappa shape index (κ3) is 5.59. The van der Waals surface area contributed by atoms with Gasteiger partial charge in [0.25, 0.3) is 0 Å².